The highest BCUT2D eigenvalue weighted by Crippen LogP contribution is 2.40. The molecule has 0 heterocycles. The van der Waals surface area contributed by atoms with Crippen molar-refractivity contribution in [2.24, 2.45) is 0 Å². The molecule has 20 heavy (non-hydrogen) atoms. The Labute approximate surface area is 122 Å². The first-order valence-corrected chi connectivity index (χ1v) is 7.85. The van der Waals surface area contributed by atoms with Gasteiger partial charge in [0.25, 0.3) is 0 Å². The Morgan fingerprint density at radius 1 is 0.800 bits per heavy atom. The second kappa shape index (κ2) is 5.44. The van der Waals surface area contributed by atoms with Crippen LogP contribution in [0.3, 0.4) is 0 Å². The summed E-state index contributed by atoms with van der Waals surface area (Å²) in [7, 11) is 0. The van der Waals surface area contributed by atoms with Crippen LogP contribution in [-0.2, 0) is 0 Å². The van der Waals surface area contributed by atoms with E-state index < -0.39 is 0 Å². The molecule has 0 aromatic heterocycles. The first-order valence-electron chi connectivity index (χ1n) is 7.85. The third kappa shape index (κ3) is 2.40. The van der Waals surface area contributed by atoms with Gasteiger partial charge in [0.2, 0.25) is 0 Å². The van der Waals surface area contributed by atoms with Gasteiger partial charge < -0.3 is 0 Å². The molecule has 0 bridgehead atoms. The zero-order valence-electron chi connectivity index (χ0n) is 12.8. The van der Waals surface area contributed by atoms with Gasteiger partial charge in [-0.05, 0) is 46.9 Å². The van der Waals surface area contributed by atoms with Crippen molar-refractivity contribution in [3.63, 3.8) is 0 Å². The zero-order valence-corrected chi connectivity index (χ0v) is 12.8. The summed E-state index contributed by atoms with van der Waals surface area (Å²) in [5, 5.41) is 0. The molecule has 2 aromatic rings. The largest absolute Gasteiger partial charge is 0.0622 e. The lowest BCUT2D eigenvalue weighted by atomic mass is 9.76. The van der Waals surface area contributed by atoms with Crippen molar-refractivity contribution in [2.75, 3.05) is 0 Å². The minimum Gasteiger partial charge on any atom is -0.0622 e. The lowest BCUT2D eigenvalue weighted by Crippen LogP contribution is -2.11. The predicted octanol–water partition coefficient (Wildman–Crippen LogP) is 5.84. The van der Waals surface area contributed by atoms with Gasteiger partial charge in [-0.15, -0.1) is 0 Å². The summed E-state index contributed by atoms with van der Waals surface area (Å²) < 4.78 is 0. The van der Waals surface area contributed by atoms with E-state index in [0.29, 0.717) is 11.8 Å². The third-order valence-corrected chi connectivity index (χ3v) is 5.00. The SMILES string of the molecule is CC1CCC(C)c2cc([C@H](C)c3ccccc3)ccc21. The molecule has 0 saturated heterocycles. The lowest BCUT2D eigenvalue weighted by Gasteiger charge is -2.29. The summed E-state index contributed by atoms with van der Waals surface area (Å²) in [5.74, 6) is 1.91. The van der Waals surface area contributed by atoms with E-state index in [1.807, 2.05) is 0 Å². The van der Waals surface area contributed by atoms with Crippen LogP contribution in [0.1, 0.15) is 73.6 Å². The van der Waals surface area contributed by atoms with E-state index in [9.17, 15) is 0 Å². The van der Waals surface area contributed by atoms with Gasteiger partial charge in [-0.25, -0.2) is 0 Å². The first kappa shape index (κ1) is 13.4. The Balaban J connectivity index is 1.98. The smallest absolute Gasteiger partial charge is 0.00611 e. The molecule has 1 aliphatic rings. The van der Waals surface area contributed by atoms with E-state index in [4.69, 9.17) is 0 Å². The maximum atomic E-state index is 2.47. The van der Waals surface area contributed by atoms with Crippen LogP contribution in [0.25, 0.3) is 0 Å². The molecule has 104 valence electrons. The van der Waals surface area contributed by atoms with Crippen LogP contribution < -0.4 is 0 Å². The van der Waals surface area contributed by atoms with Crippen molar-refractivity contribution < 1.29 is 0 Å². The van der Waals surface area contributed by atoms with Crippen LogP contribution in [0.15, 0.2) is 48.5 Å². The van der Waals surface area contributed by atoms with E-state index in [1.54, 1.807) is 11.1 Å². The minimum absolute atomic E-state index is 0.478. The molecule has 2 unspecified atom stereocenters. The van der Waals surface area contributed by atoms with Crippen molar-refractivity contribution in [3.8, 4) is 0 Å². The van der Waals surface area contributed by atoms with Crippen molar-refractivity contribution in [2.45, 2.75) is 51.4 Å². The topological polar surface area (TPSA) is 0 Å². The van der Waals surface area contributed by atoms with Gasteiger partial charge in [0, 0.05) is 5.92 Å². The Morgan fingerprint density at radius 3 is 2.15 bits per heavy atom. The Kier molecular flexibility index (Phi) is 3.65. The molecule has 1 aliphatic carbocycles. The average Bonchev–Trinajstić information content (AvgIpc) is 2.51. The number of hydrogen-bond acceptors (Lipinski definition) is 0. The minimum atomic E-state index is 0.478. The lowest BCUT2D eigenvalue weighted by molar-refractivity contribution is 0.526. The number of rotatable bonds is 2. The molecule has 0 aliphatic heterocycles. The molecule has 0 N–H and O–H groups in total. The average molecular weight is 264 g/mol. The highest BCUT2D eigenvalue weighted by molar-refractivity contribution is 5.42. The van der Waals surface area contributed by atoms with Gasteiger partial charge in [-0.1, -0.05) is 69.3 Å². The summed E-state index contributed by atoms with van der Waals surface area (Å²) >= 11 is 0. The summed E-state index contributed by atoms with van der Waals surface area (Å²) in [6, 6.07) is 18.0. The number of fused-ring (bicyclic) bond motifs is 1. The van der Waals surface area contributed by atoms with Gasteiger partial charge in [-0.2, -0.15) is 0 Å². The van der Waals surface area contributed by atoms with E-state index in [2.05, 4.69) is 69.3 Å². The second-order valence-corrected chi connectivity index (χ2v) is 6.40. The fourth-order valence-corrected chi connectivity index (χ4v) is 3.48. The van der Waals surface area contributed by atoms with E-state index in [-0.39, 0.29) is 0 Å². The fraction of sp³-hybridized carbons (Fsp3) is 0.400. The highest BCUT2D eigenvalue weighted by atomic mass is 14.3. The van der Waals surface area contributed by atoms with Gasteiger partial charge in [0.1, 0.15) is 0 Å². The second-order valence-electron chi connectivity index (χ2n) is 6.40. The molecule has 3 rings (SSSR count). The molecular formula is C20H24. The van der Waals surface area contributed by atoms with Gasteiger partial charge in [0.05, 0.1) is 0 Å². The molecule has 0 heteroatoms. The Bertz CT molecular complexity index is 582. The predicted molar refractivity (Wildman–Crippen MR) is 86.5 cm³/mol. The van der Waals surface area contributed by atoms with Crippen LogP contribution in [0.4, 0.5) is 0 Å². The number of hydrogen-bond donors (Lipinski definition) is 0. The monoisotopic (exact) mass is 264 g/mol. The van der Waals surface area contributed by atoms with Crippen LogP contribution in [-0.4, -0.2) is 0 Å². The molecule has 0 fully saturated rings. The Hall–Kier alpha value is -1.56. The first-order chi connectivity index (χ1) is 9.66. The van der Waals surface area contributed by atoms with Crippen LogP contribution in [0, 0.1) is 0 Å². The van der Waals surface area contributed by atoms with Crippen molar-refractivity contribution in [3.05, 3.63) is 70.8 Å². The zero-order chi connectivity index (χ0) is 14.1. The normalized spacial score (nSPS) is 23.1. The standard InChI is InChI=1S/C20H24/c1-14-9-10-15(2)20-13-18(11-12-19(14)20)16(3)17-7-5-4-6-8-17/h4-8,11-16H,9-10H2,1-3H3/t14?,15?,16-/m1/s1. The van der Waals surface area contributed by atoms with E-state index in [1.165, 1.54) is 24.0 Å². The highest BCUT2D eigenvalue weighted by Gasteiger charge is 2.22. The molecule has 0 radical (unpaired) electrons. The maximum absolute atomic E-state index is 2.47. The molecule has 0 saturated carbocycles. The summed E-state index contributed by atoms with van der Waals surface area (Å²) in [6.45, 7) is 7.06. The van der Waals surface area contributed by atoms with Crippen molar-refractivity contribution in [1.29, 1.82) is 0 Å². The van der Waals surface area contributed by atoms with Gasteiger partial charge >= 0.3 is 0 Å². The fourth-order valence-electron chi connectivity index (χ4n) is 3.48. The van der Waals surface area contributed by atoms with E-state index in [0.717, 1.165) is 5.92 Å². The van der Waals surface area contributed by atoms with Gasteiger partial charge in [-0.3, -0.25) is 0 Å². The van der Waals surface area contributed by atoms with Crippen LogP contribution in [0.2, 0.25) is 0 Å². The molecular weight excluding hydrogens is 240 g/mol. The van der Waals surface area contributed by atoms with Crippen LogP contribution in [0.5, 0.6) is 0 Å². The third-order valence-electron chi connectivity index (χ3n) is 5.00. The quantitative estimate of drug-likeness (QED) is 0.639. The summed E-state index contributed by atoms with van der Waals surface area (Å²) in [4.78, 5) is 0. The number of benzene rings is 2. The summed E-state index contributed by atoms with van der Waals surface area (Å²) in [6.07, 6.45) is 2.67. The van der Waals surface area contributed by atoms with Gasteiger partial charge in [0.15, 0.2) is 0 Å². The Morgan fingerprint density at radius 2 is 1.45 bits per heavy atom. The molecule has 0 amide bonds. The maximum Gasteiger partial charge on any atom is 0.00611 e. The van der Waals surface area contributed by atoms with Crippen molar-refractivity contribution in [1.82, 2.24) is 0 Å². The van der Waals surface area contributed by atoms with E-state index >= 15 is 0 Å². The van der Waals surface area contributed by atoms with Crippen LogP contribution >= 0.6 is 0 Å². The molecule has 3 atom stereocenters. The molecule has 2 aromatic carbocycles. The molecule has 0 spiro atoms. The van der Waals surface area contributed by atoms with Crippen molar-refractivity contribution >= 4 is 0 Å². The summed E-state index contributed by atoms with van der Waals surface area (Å²) in [5.41, 5.74) is 6.02. The molecule has 0 nitrogen and oxygen atoms in total.